The Morgan fingerprint density at radius 3 is 2.71 bits per heavy atom. The number of carbonyl (C=O) groups excluding carboxylic acids is 1. The number of hydrogen-bond acceptors (Lipinski definition) is 5. The maximum atomic E-state index is 12.1. The average Bonchev–Trinajstić information content (AvgIpc) is 2.92. The molecule has 1 amide bonds. The third-order valence-corrected chi connectivity index (χ3v) is 4.17. The number of benzene rings is 1. The summed E-state index contributed by atoms with van der Waals surface area (Å²) in [5.41, 5.74) is 1.24. The van der Waals surface area contributed by atoms with Crippen LogP contribution in [0.3, 0.4) is 0 Å². The van der Waals surface area contributed by atoms with E-state index in [1.807, 2.05) is 0 Å². The summed E-state index contributed by atoms with van der Waals surface area (Å²) in [6, 6.07) is 5.99. The predicted molar refractivity (Wildman–Crippen MR) is 81.7 cm³/mol. The molecule has 0 spiro atoms. The lowest BCUT2D eigenvalue weighted by molar-refractivity contribution is -0.380. The van der Waals surface area contributed by atoms with Crippen molar-refractivity contribution in [1.29, 1.82) is 0 Å². The second kappa shape index (κ2) is 6.11. The summed E-state index contributed by atoms with van der Waals surface area (Å²) in [5.74, 6) is -0.0156. The zero-order valence-electron chi connectivity index (χ0n) is 11.2. The third-order valence-electron chi connectivity index (χ3n) is 2.72. The quantitative estimate of drug-likeness (QED) is 0.682. The van der Waals surface area contributed by atoms with E-state index in [1.165, 1.54) is 19.2 Å². The molecular weight excluding hydrogens is 316 g/mol. The van der Waals surface area contributed by atoms with Gasteiger partial charge in [0, 0.05) is 17.2 Å². The maximum absolute atomic E-state index is 12.1. The fourth-order valence-electron chi connectivity index (χ4n) is 1.66. The van der Waals surface area contributed by atoms with Crippen molar-refractivity contribution in [1.82, 2.24) is 0 Å². The molecule has 21 heavy (non-hydrogen) atoms. The average molecular weight is 327 g/mol. The van der Waals surface area contributed by atoms with Crippen LogP contribution in [0.5, 0.6) is 5.75 Å². The van der Waals surface area contributed by atoms with Crippen LogP contribution in [0, 0.1) is 17.0 Å². The summed E-state index contributed by atoms with van der Waals surface area (Å²) in [7, 11) is 1.46. The van der Waals surface area contributed by atoms with Crippen LogP contribution in [-0.4, -0.2) is 17.9 Å². The van der Waals surface area contributed by atoms with E-state index in [0.717, 1.165) is 16.9 Å². The molecule has 0 aliphatic carbocycles. The number of ether oxygens (including phenoxy) is 1. The summed E-state index contributed by atoms with van der Waals surface area (Å²) in [4.78, 5) is 22.4. The first kappa shape index (κ1) is 15.3. The number of halogens is 1. The number of thiophene rings is 1. The summed E-state index contributed by atoms with van der Waals surface area (Å²) < 4.78 is 5.16. The second-order valence-electron chi connectivity index (χ2n) is 4.15. The molecule has 2 rings (SSSR count). The number of aryl methyl sites for hydroxylation is 1. The van der Waals surface area contributed by atoms with Gasteiger partial charge in [-0.3, -0.25) is 14.9 Å². The Bertz CT molecular complexity index is 714. The van der Waals surface area contributed by atoms with Gasteiger partial charge in [-0.15, -0.1) is 0 Å². The van der Waals surface area contributed by atoms with Crippen molar-refractivity contribution >= 4 is 39.5 Å². The van der Waals surface area contributed by atoms with E-state index in [-0.39, 0.29) is 9.88 Å². The standard InChI is InChI=1S/C13H11ClN2O4S/c1-7-5-9(10(20-2)6-8(7)14)15-13(17)11-3-4-12(21-11)16(18)19/h3-6H,1-2H3,(H,15,17). The SMILES string of the molecule is COc1cc(Cl)c(C)cc1NC(=O)c1ccc([N+](=O)[O-])s1. The lowest BCUT2D eigenvalue weighted by Gasteiger charge is -2.11. The van der Waals surface area contributed by atoms with Crippen molar-refractivity contribution in [3.05, 3.63) is 49.8 Å². The van der Waals surface area contributed by atoms with Gasteiger partial charge in [0.1, 0.15) is 5.75 Å². The zero-order valence-corrected chi connectivity index (χ0v) is 12.7. The molecule has 1 aromatic carbocycles. The molecule has 0 saturated carbocycles. The summed E-state index contributed by atoms with van der Waals surface area (Å²) in [6.07, 6.45) is 0. The summed E-state index contributed by atoms with van der Waals surface area (Å²) in [5, 5.41) is 13.7. The van der Waals surface area contributed by atoms with E-state index in [4.69, 9.17) is 16.3 Å². The Labute approximate surface area is 129 Å². The number of amides is 1. The lowest BCUT2D eigenvalue weighted by atomic mass is 10.2. The highest BCUT2D eigenvalue weighted by atomic mass is 35.5. The van der Waals surface area contributed by atoms with E-state index >= 15 is 0 Å². The number of nitrogens with zero attached hydrogens (tertiary/aromatic N) is 1. The molecule has 0 unspecified atom stereocenters. The minimum absolute atomic E-state index is 0.0839. The molecular formula is C13H11ClN2O4S. The Morgan fingerprint density at radius 2 is 2.14 bits per heavy atom. The molecule has 0 radical (unpaired) electrons. The Hall–Kier alpha value is -2.12. The van der Waals surface area contributed by atoms with E-state index in [1.54, 1.807) is 19.1 Å². The first-order valence-electron chi connectivity index (χ1n) is 5.82. The number of carbonyl (C=O) groups is 1. The highest BCUT2D eigenvalue weighted by molar-refractivity contribution is 7.17. The van der Waals surface area contributed by atoms with Gasteiger partial charge in [0.2, 0.25) is 0 Å². The van der Waals surface area contributed by atoms with Gasteiger partial charge in [-0.05, 0) is 24.6 Å². The highest BCUT2D eigenvalue weighted by Gasteiger charge is 2.17. The topological polar surface area (TPSA) is 81.5 Å². The molecule has 0 aliphatic rings. The normalized spacial score (nSPS) is 10.2. The van der Waals surface area contributed by atoms with E-state index < -0.39 is 10.8 Å². The van der Waals surface area contributed by atoms with Gasteiger partial charge in [-0.25, -0.2) is 0 Å². The van der Waals surface area contributed by atoms with E-state index in [2.05, 4.69) is 5.32 Å². The smallest absolute Gasteiger partial charge is 0.324 e. The van der Waals surface area contributed by atoms with Crippen molar-refractivity contribution in [2.45, 2.75) is 6.92 Å². The molecule has 6 nitrogen and oxygen atoms in total. The molecule has 1 N–H and O–H groups in total. The minimum Gasteiger partial charge on any atom is -0.495 e. The molecule has 0 bridgehead atoms. The number of methoxy groups -OCH3 is 1. The molecule has 2 aromatic rings. The molecule has 110 valence electrons. The number of rotatable bonds is 4. The number of nitrogens with one attached hydrogen (secondary N) is 1. The largest absolute Gasteiger partial charge is 0.495 e. The van der Waals surface area contributed by atoms with Gasteiger partial charge in [0.15, 0.2) is 0 Å². The van der Waals surface area contributed by atoms with Crippen molar-refractivity contribution in [2.24, 2.45) is 0 Å². The maximum Gasteiger partial charge on any atom is 0.324 e. The molecule has 1 heterocycles. The van der Waals surface area contributed by atoms with Crippen LogP contribution in [0.1, 0.15) is 15.2 Å². The van der Waals surface area contributed by atoms with Gasteiger partial charge in [0.05, 0.1) is 22.6 Å². The van der Waals surface area contributed by atoms with Crippen molar-refractivity contribution in [2.75, 3.05) is 12.4 Å². The fourth-order valence-corrected chi connectivity index (χ4v) is 2.53. The first-order valence-corrected chi connectivity index (χ1v) is 7.01. The van der Waals surface area contributed by atoms with Crippen molar-refractivity contribution < 1.29 is 14.5 Å². The van der Waals surface area contributed by atoms with Crippen LogP contribution in [0.25, 0.3) is 0 Å². The predicted octanol–water partition coefficient (Wildman–Crippen LogP) is 3.88. The molecule has 0 saturated heterocycles. The number of anilines is 1. The fraction of sp³-hybridized carbons (Fsp3) is 0.154. The summed E-state index contributed by atoms with van der Waals surface area (Å²) >= 11 is 6.80. The lowest BCUT2D eigenvalue weighted by Crippen LogP contribution is -2.11. The van der Waals surface area contributed by atoms with Crippen LogP contribution in [0.4, 0.5) is 10.7 Å². The molecule has 0 atom stereocenters. The van der Waals surface area contributed by atoms with Gasteiger partial charge >= 0.3 is 5.00 Å². The van der Waals surface area contributed by atoms with Crippen LogP contribution < -0.4 is 10.1 Å². The van der Waals surface area contributed by atoms with Crippen LogP contribution in [0.15, 0.2) is 24.3 Å². The minimum atomic E-state index is -0.533. The summed E-state index contributed by atoms with van der Waals surface area (Å²) in [6.45, 7) is 1.80. The third kappa shape index (κ3) is 3.32. The second-order valence-corrected chi connectivity index (χ2v) is 5.62. The zero-order chi connectivity index (χ0) is 15.6. The monoisotopic (exact) mass is 326 g/mol. The Balaban J connectivity index is 2.26. The van der Waals surface area contributed by atoms with Gasteiger partial charge < -0.3 is 10.1 Å². The molecule has 0 fully saturated rings. The Morgan fingerprint density at radius 1 is 1.43 bits per heavy atom. The van der Waals surface area contributed by atoms with Crippen LogP contribution in [0.2, 0.25) is 5.02 Å². The van der Waals surface area contributed by atoms with Gasteiger partial charge in [0.25, 0.3) is 5.91 Å². The van der Waals surface area contributed by atoms with Gasteiger partial charge in [-0.2, -0.15) is 0 Å². The van der Waals surface area contributed by atoms with Crippen LogP contribution in [-0.2, 0) is 0 Å². The Kier molecular flexibility index (Phi) is 4.44. The van der Waals surface area contributed by atoms with E-state index in [0.29, 0.717) is 16.5 Å². The molecule has 8 heteroatoms. The number of nitro groups is 1. The van der Waals surface area contributed by atoms with Crippen molar-refractivity contribution in [3.63, 3.8) is 0 Å². The number of hydrogen-bond donors (Lipinski definition) is 1. The van der Waals surface area contributed by atoms with Crippen LogP contribution >= 0.6 is 22.9 Å². The molecule has 1 aromatic heterocycles. The first-order chi connectivity index (χ1) is 9.92. The van der Waals surface area contributed by atoms with Crippen molar-refractivity contribution in [3.8, 4) is 5.75 Å². The van der Waals surface area contributed by atoms with E-state index in [9.17, 15) is 14.9 Å². The highest BCUT2D eigenvalue weighted by Crippen LogP contribution is 2.32. The molecule has 0 aliphatic heterocycles. The van der Waals surface area contributed by atoms with Gasteiger partial charge in [-0.1, -0.05) is 22.9 Å².